The van der Waals surface area contributed by atoms with Gasteiger partial charge >= 0.3 is 6.18 Å². The monoisotopic (exact) mass is 797 g/mol. The molecule has 0 bridgehead atoms. The van der Waals surface area contributed by atoms with Gasteiger partial charge in [0.15, 0.2) is 17.4 Å². The van der Waals surface area contributed by atoms with E-state index in [-0.39, 0.29) is 52.3 Å². The molecule has 10 nitrogen and oxygen atoms in total. The van der Waals surface area contributed by atoms with Crippen LogP contribution in [0, 0.1) is 23.7 Å². The van der Waals surface area contributed by atoms with Crippen molar-refractivity contribution in [3.05, 3.63) is 130 Å². The fraction of sp³-hybridized carbons (Fsp3) is 0.279. The second kappa shape index (κ2) is 13.9. The van der Waals surface area contributed by atoms with Gasteiger partial charge in [-0.1, -0.05) is 83.9 Å². The maximum Gasteiger partial charge on any atom is 0.433 e. The van der Waals surface area contributed by atoms with Crippen molar-refractivity contribution in [1.82, 2.24) is 9.99 Å². The van der Waals surface area contributed by atoms with Gasteiger partial charge in [-0.3, -0.25) is 24.2 Å². The predicted octanol–water partition coefficient (Wildman–Crippen LogP) is 7.35. The highest BCUT2D eigenvalue weighted by Gasteiger charge is 2.67. The third-order valence-electron chi connectivity index (χ3n) is 11.9. The van der Waals surface area contributed by atoms with Crippen LogP contribution in [0.2, 0.25) is 5.02 Å². The van der Waals surface area contributed by atoms with Gasteiger partial charge in [0, 0.05) is 42.2 Å². The number of rotatable bonds is 7. The number of halogens is 4. The number of pyridine rings is 1. The zero-order valence-electron chi connectivity index (χ0n) is 30.8. The second-order valence-electron chi connectivity index (χ2n) is 14.6. The van der Waals surface area contributed by atoms with Crippen LogP contribution in [0.5, 0.6) is 17.2 Å². The third kappa shape index (κ3) is 5.73. The number of hydrazine groups is 1. The lowest BCUT2D eigenvalue weighted by Crippen LogP contribution is -2.59. The number of benzene rings is 3. The number of hydrogen-bond acceptors (Lipinski definition) is 9. The maximum absolute atomic E-state index is 15.4. The van der Waals surface area contributed by atoms with Gasteiger partial charge in [-0.2, -0.15) is 18.2 Å². The summed E-state index contributed by atoms with van der Waals surface area (Å²) in [4.78, 5) is 63.3. The number of amides is 2. The zero-order valence-corrected chi connectivity index (χ0v) is 31.5. The average Bonchev–Trinajstić information content (AvgIpc) is 3.46. The number of hydrogen-bond donors (Lipinski definition) is 1. The van der Waals surface area contributed by atoms with E-state index in [0.29, 0.717) is 28.3 Å². The number of ketones is 2. The summed E-state index contributed by atoms with van der Waals surface area (Å²) < 4.78 is 53.0. The highest BCUT2D eigenvalue weighted by molar-refractivity contribution is 6.33. The number of methoxy groups -OCH3 is 2. The number of phenols is 1. The van der Waals surface area contributed by atoms with Crippen molar-refractivity contribution in [2.45, 2.75) is 30.4 Å². The summed E-state index contributed by atoms with van der Waals surface area (Å²) in [6, 6.07) is 22.2. The molecular formula is C43H35ClF3N3O7. The van der Waals surface area contributed by atoms with Gasteiger partial charge in [0.05, 0.1) is 36.5 Å². The zero-order chi connectivity index (χ0) is 40.6. The van der Waals surface area contributed by atoms with E-state index in [1.165, 1.54) is 39.5 Å². The van der Waals surface area contributed by atoms with E-state index in [4.69, 9.17) is 21.1 Å². The number of ether oxygens (including phenoxy) is 2. The largest absolute Gasteiger partial charge is 0.508 e. The summed E-state index contributed by atoms with van der Waals surface area (Å²) in [5, 5.41) is 12.2. The van der Waals surface area contributed by atoms with Crippen LogP contribution < -0.4 is 14.5 Å². The first-order chi connectivity index (χ1) is 27.2. The summed E-state index contributed by atoms with van der Waals surface area (Å²) >= 11 is 6.33. The number of fused-ring (bicyclic) bond motifs is 4. The van der Waals surface area contributed by atoms with Crippen molar-refractivity contribution in [3.63, 3.8) is 0 Å². The highest BCUT2D eigenvalue weighted by Crippen LogP contribution is 2.65. The second-order valence-corrected chi connectivity index (χ2v) is 15.0. The minimum Gasteiger partial charge on any atom is -0.508 e. The smallest absolute Gasteiger partial charge is 0.433 e. The Balaban J connectivity index is 1.35. The summed E-state index contributed by atoms with van der Waals surface area (Å²) in [5.41, 5.74) is -0.701. The molecule has 6 unspecified atom stereocenters. The molecule has 1 aromatic heterocycles. The number of aromatic hydroxyl groups is 1. The van der Waals surface area contributed by atoms with Crippen molar-refractivity contribution in [2.24, 2.45) is 23.7 Å². The summed E-state index contributed by atoms with van der Waals surface area (Å²) in [5.74, 6) is -7.45. The first-order valence-corrected chi connectivity index (χ1v) is 18.5. The van der Waals surface area contributed by atoms with Crippen LogP contribution in [0.15, 0.2) is 103 Å². The van der Waals surface area contributed by atoms with Crippen LogP contribution in [0.1, 0.15) is 41.1 Å². The Morgan fingerprint density at radius 1 is 0.895 bits per heavy atom. The van der Waals surface area contributed by atoms with E-state index in [9.17, 15) is 27.9 Å². The summed E-state index contributed by atoms with van der Waals surface area (Å²) in [7, 11) is 4.04. The first kappa shape index (κ1) is 37.9. The number of carbonyl (C=O) groups excluding carboxylic acids is 4. The molecule has 4 aromatic rings. The number of allylic oxidation sites excluding steroid dienone is 4. The van der Waals surface area contributed by atoms with Crippen molar-refractivity contribution >= 4 is 46.4 Å². The van der Waals surface area contributed by atoms with Crippen LogP contribution in [0.25, 0.3) is 5.57 Å². The molecule has 2 fully saturated rings. The molecule has 2 heterocycles. The third-order valence-corrected chi connectivity index (χ3v) is 12.2. The predicted molar refractivity (Wildman–Crippen MR) is 202 cm³/mol. The summed E-state index contributed by atoms with van der Waals surface area (Å²) in [6.07, 6.45) is -1.64. The van der Waals surface area contributed by atoms with Crippen LogP contribution in [0.3, 0.4) is 0 Å². The SMILES string of the molecule is COc1cc(O)cc(OC)c1C1C2=CCC3C(=O)N(N(C)c4nc(C(F)(F)F)ccc4Cl)C(=O)C3C2CC2C(=O)C(c3ccccc3)=CC(=O)C21c1ccccc1. The Labute approximate surface area is 330 Å². The van der Waals surface area contributed by atoms with Crippen molar-refractivity contribution in [3.8, 4) is 17.2 Å². The number of aromatic nitrogens is 1. The quantitative estimate of drug-likeness (QED) is 0.151. The molecule has 6 atom stereocenters. The Morgan fingerprint density at radius 3 is 2.14 bits per heavy atom. The molecule has 1 saturated carbocycles. The van der Waals surface area contributed by atoms with Crippen molar-refractivity contribution in [2.75, 3.05) is 26.3 Å². The van der Waals surface area contributed by atoms with E-state index >= 15 is 9.59 Å². The molecule has 292 valence electrons. The lowest BCUT2D eigenvalue weighted by Gasteiger charge is -2.55. The van der Waals surface area contributed by atoms with E-state index in [1.54, 1.807) is 60.7 Å². The lowest BCUT2D eigenvalue weighted by molar-refractivity contribution is -0.141. The molecule has 8 rings (SSSR count). The van der Waals surface area contributed by atoms with E-state index < -0.39 is 64.5 Å². The van der Waals surface area contributed by atoms with E-state index in [0.717, 1.165) is 16.1 Å². The molecule has 0 radical (unpaired) electrons. The van der Waals surface area contributed by atoms with Crippen LogP contribution >= 0.6 is 11.6 Å². The Bertz CT molecular complexity index is 2380. The highest BCUT2D eigenvalue weighted by atomic mass is 35.5. The van der Waals surface area contributed by atoms with Gasteiger partial charge in [0.2, 0.25) is 0 Å². The van der Waals surface area contributed by atoms with Gasteiger partial charge in [-0.15, -0.1) is 0 Å². The normalized spacial score (nSPS) is 25.6. The molecular weight excluding hydrogens is 763 g/mol. The van der Waals surface area contributed by atoms with Gasteiger partial charge in [0.25, 0.3) is 11.8 Å². The number of phenolic OH excluding ortho intramolecular Hbond substituents is 1. The number of carbonyl (C=O) groups is 4. The van der Waals surface area contributed by atoms with Crippen molar-refractivity contribution in [1.29, 1.82) is 0 Å². The molecule has 0 spiro atoms. The minimum atomic E-state index is -4.83. The standard InChI is InChI=1S/C43H35ClF3N3O7/c1-49(39-30(44)16-17-33(48-39)43(45,46)47)50-40(54)26-15-14-25-28(35(26)41(50)55)20-29-38(53)27(22-10-6-4-7-11-22)21-34(52)42(29,23-12-8-5-9-13-23)37(25)36-31(56-2)18-24(51)19-32(36)57-3/h4-14,16-19,21,26,28-29,35,37,51H,15,20H2,1-3H3. The van der Waals surface area contributed by atoms with Gasteiger partial charge in [0.1, 0.15) is 22.9 Å². The van der Waals surface area contributed by atoms with Crippen LogP contribution in [-0.4, -0.2) is 59.7 Å². The lowest BCUT2D eigenvalue weighted by atomic mass is 9.44. The fourth-order valence-corrected chi connectivity index (χ4v) is 9.82. The number of alkyl halides is 3. The van der Waals surface area contributed by atoms with E-state index in [2.05, 4.69) is 4.98 Å². The van der Waals surface area contributed by atoms with E-state index in [1.807, 2.05) is 6.08 Å². The number of anilines is 1. The van der Waals surface area contributed by atoms with Gasteiger partial charge in [-0.25, -0.2) is 4.98 Å². The molecule has 2 amide bonds. The number of nitrogens with zero attached hydrogens (tertiary/aromatic N) is 3. The van der Waals surface area contributed by atoms with Gasteiger partial charge in [-0.05, 0) is 48.1 Å². The molecule has 1 N–H and O–H groups in total. The van der Waals surface area contributed by atoms with Gasteiger partial charge < -0.3 is 14.6 Å². The molecule has 4 aliphatic rings. The molecule has 3 aromatic carbocycles. The minimum absolute atomic E-state index is 0.0250. The Morgan fingerprint density at radius 2 is 1.53 bits per heavy atom. The molecule has 1 aliphatic heterocycles. The number of imide groups is 1. The first-order valence-electron chi connectivity index (χ1n) is 18.1. The number of Topliss-reactive ketones (excluding diaryl/α,β-unsaturated/α-hetero) is 1. The summed E-state index contributed by atoms with van der Waals surface area (Å²) in [6.45, 7) is 0. The van der Waals surface area contributed by atoms with Crippen LogP contribution in [0.4, 0.5) is 19.0 Å². The molecule has 57 heavy (non-hydrogen) atoms. The molecule has 14 heteroatoms. The Hall–Kier alpha value is -5.95. The maximum atomic E-state index is 15.4. The molecule has 3 aliphatic carbocycles. The fourth-order valence-electron chi connectivity index (χ4n) is 9.59. The Kier molecular flexibility index (Phi) is 9.26. The van der Waals surface area contributed by atoms with Crippen LogP contribution in [-0.2, 0) is 30.8 Å². The molecule has 1 saturated heterocycles. The average molecular weight is 798 g/mol. The topological polar surface area (TPSA) is 126 Å². The van der Waals surface area contributed by atoms with Crippen molar-refractivity contribution < 1.29 is 46.9 Å².